The number of rotatable bonds is 3. The van der Waals surface area contributed by atoms with Crippen molar-refractivity contribution in [2.24, 2.45) is 0 Å². The van der Waals surface area contributed by atoms with E-state index in [1.807, 2.05) is 13.0 Å². The normalized spacial score (nSPS) is 18.9. The van der Waals surface area contributed by atoms with Crippen LogP contribution in [0, 0.1) is 6.92 Å². The first-order chi connectivity index (χ1) is 8.60. The Morgan fingerprint density at radius 1 is 1.39 bits per heavy atom. The zero-order chi connectivity index (χ0) is 13.1. The predicted octanol–water partition coefficient (Wildman–Crippen LogP) is 1.87. The van der Waals surface area contributed by atoms with Crippen LogP contribution in [0.1, 0.15) is 37.7 Å². The zero-order valence-electron chi connectivity index (χ0n) is 11.3. The van der Waals surface area contributed by atoms with Gasteiger partial charge in [-0.15, -0.1) is 0 Å². The summed E-state index contributed by atoms with van der Waals surface area (Å²) in [7, 11) is -0.641. The van der Waals surface area contributed by atoms with Crippen LogP contribution in [0.5, 0.6) is 0 Å². The highest BCUT2D eigenvalue weighted by Gasteiger charge is 2.18. The van der Waals surface area contributed by atoms with Crippen molar-refractivity contribution in [2.45, 2.75) is 33.1 Å². The van der Waals surface area contributed by atoms with E-state index >= 15 is 0 Å². The summed E-state index contributed by atoms with van der Waals surface area (Å²) in [6, 6.07) is 2.03. The molecule has 100 valence electrons. The Balaban J connectivity index is 2.22. The lowest BCUT2D eigenvalue weighted by Gasteiger charge is -2.28. The van der Waals surface area contributed by atoms with Crippen LogP contribution in [0.4, 0.5) is 5.82 Å². The molecule has 4 nitrogen and oxygen atoms in total. The van der Waals surface area contributed by atoms with Crippen LogP contribution >= 0.6 is 0 Å². The second-order valence-corrected chi connectivity index (χ2v) is 6.57. The van der Waals surface area contributed by atoms with Gasteiger partial charge in [0.15, 0.2) is 0 Å². The second-order valence-electron chi connectivity index (χ2n) is 4.87. The summed E-state index contributed by atoms with van der Waals surface area (Å²) in [6.07, 6.45) is 1.05. The molecule has 2 rings (SSSR count). The Morgan fingerprint density at radius 2 is 2.06 bits per heavy atom. The molecule has 0 saturated carbocycles. The number of hydrogen-bond donors (Lipinski definition) is 0. The summed E-state index contributed by atoms with van der Waals surface area (Å²) in [6.45, 7) is 8.00. The molecular weight excluding hydrogens is 246 g/mol. The van der Waals surface area contributed by atoms with E-state index in [1.54, 1.807) is 0 Å². The third-order valence-electron chi connectivity index (χ3n) is 3.41. The molecule has 0 aromatic carbocycles. The second kappa shape index (κ2) is 5.78. The molecular formula is C13H21N3OS. The minimum atomic E-state index is -0.641. The number of nitrogens with zero attached hydrogens (tertiary/aromatic N) is 3. The van der Waals surface area contributed by atoms with E-state index in [-0.39, 0.29) is 0 Å². The van der Waals surface area contributed by atoms with Crippen molar-refractivity contribution >= 4 is 16.6 Å². The summed E-state index contributed by atoms with van der Waals surface area (Å²) in [5.74, 6) is 3.82. The Kier molecular flexibility index (Phi) is 4.32. The minimum absolute atomic E-state index is 0.391. The van der Waals surface area contributed by atoms with Gasteiger partial charge in [0.25, 0.3) is 0 Å². The number of aryl methyl sites for hydroxylation is 1. The summed E-state index contributed by atoms with van der Waals surface area (Å²) in [4.78, 5) is 11.4. The molecule has 1 aromatic heterocycles. The molecule has 5 heteroatoms. The summed E-state index contributed by atoms with van der Waals surface area (Å²) >= 11 is 0. The summed E-state index contributed by atoms with van der Waals surface area (Å²) in [5.41, 5.74) is 1.02. The van der Waals surface area contributed by atoms with Gasteiger partial charge in [-0.2, -0.15) is 0 Å². The van der Waals surface area contributed by atoms with Gasteiger partial charge in [-0.05, 0) is 13.3 Å². The molecule has 0 spiro atoms. The lowest BCUT2D eigenvalue weighted by molar-refractivity contribution is 0.661. The van der Waals surface area contributed by atoms with E-state index in [0.29, 0.717) is 5.92 Å². The fourth-order valence-corrected chi connectivity index (χ4v) is 3.06. The monoisotopic (exact) mass is 267 g/mol. The van der Waals surface area contributed by atoms with Crippen LogP contribution in [-0.2, 0) is 10.8 Å². The van der Waals surface area contributed by atoms with Gasteiger partial charge in [-0.3, -0.25) is 4.21 Å². The molecule has 0 bridgehead atoms. The van der Waals surface area contributed by atoms with E-state index in [0.717, 1.165) is 48.4 Å². The molecule has 0 amide bonds. The Hall–Kier alpha value is -0.970. The summed E-state index contributed by atoms with van der Waals surface area (Å²) < 4.78 is 11.4. The van der Waals surface area contributed by atoms with Crippen molar-refractivity contribution < 1.29 is 4.21 Å². The third-order valence-corrected chi connectivity index (χ3v) is 4.69. The van der Waals surface area contributed by atoms with Crippen molar-refractivity contribution in [1.29, 1.82) is 0 Å². The molecule has 1 saturated heterocycles. The van der Waals surface area contributed by atoms with E-state index in [4.69, 9.17) is 0 Å². The minimum Gasteiger partial charge on any atom is -0.355 e. The molecule has 1 aromatic rings. The molecule has 18 heavy (non-hydrogen) atoms. The van der Waals surface area contributed by atoms with Crippen LogP contribution in [0.2, 0.25) is 0 Å². The van der Waals surface area contributed by atoms with Crippen molar-refractivity contribution in [3.63, 3.8) is 0 Å². The molecule has 1 aliphatic rings. The first-order valence-corrected chi connectivity index (χ1v) is 8.04. The fraction of sp³-hybridized carbons (Fsp3) is 0.692. The van der Waals surface area contributed by atoms with Gasteiger partial charge in [0, 0.05) is 53.1 Å². The van der Waals surface area contributed by atoms with Crippen molar-refractivity contribution in [1.82, 2.24) is 9.97 Å². The van der Waals surface area contributed by atoms with Gasteiger partial charge in [0.1, 0.15) is 11.6 Å². The molecule has 1 aliphatic heterocycles. The average molecular weight is 267 g/mol. The number of anilines is 1. The SMILES string of the molecule is CCC(C)c1nc(C)cc(N2CCS(=O)CC2)n1. The molecule has 1 fully saturated rings. The Morgan fingerprint density at radius 3 is 2.67 bits per heavy atom. The first-order valence-electron chi connectivity index (χ1n) is 6.55. The van der Waals surface area contributed by atoms with Crippen LogP contribution < -0.4 is 4.90 Å². The third kappa shape index (κ3) is 3.07. The van der Waals surface area contributed by atoms with Crippen molar-refractivity contribution in [3.05, 3.63) is 17.6 Å². The topological polar surface area (TPSA) is 46.1 Å². The van der Waals surface area contributed by atoms with Crippen LogP contribution in [0.25, 0.3) is 0 Å². The maximum Gasteiger partial charge on any atom is 0.133 e. The Bertz CT molecular complexity index is 440. The van der Waals surface area contributed by atoms with Gasteiger partial charge in [0.2, 0.25) is 0 Å². The Labute approximate surface area is 111 Å². The fourth-order valence-electron chi connectivity index (χ4n) is 2.01. The van der Waals surface area contributed by atoms with Gasteiger partial charge in [-0.25, -0.2) is 9.97 Å². The van der Waals surface area contributed by atoms with E-state index in [1.165, 1.54) is 0 Å². The van der Waals surface area contributed by atoms with Gasteiger partial charge < -0.3 is 4.90 Å². The van der Waals surface area contributed by atoms with Crippen molar-refractivity contribution in [3.8, 4) is 0 Å². The molecule has 0 radical (unpaired) electrons. The predicted molar refractivity (Wildman–Crippen MR) is 75.6 cm³/mol. The largest absolute Gasteiger partial charge is 0.355 e. The summed E-state index contributed by atoms with van der Waals surface area (Å²) in [5, 5.41) is 0. The molecule has 1 unspecified atom stereocenters. The lowest BCUT2D eigenvalue weighted by Crippen LogP contribution is -2.38. The maximum absolute atomic E-state index is 11.4. The van der Waals surface area contributed by atoms with Crippen LogP contribution in [0.3, 0.4) is 0 Å². The van der Waals surface area contributed by atoms with Gasteiger partial charge >= 0.3 is 0 Å². The highest BCUT2D eigenvalue weighted by atomic mass is 32.2. The highest BCUT2D eigenvalue weighted by Crippen LogP contribution is 2.20. The molecule has 0 aliphatic carbocycles. The van der Waals surface area contributed by atoms with Gasteiger partial charge in [-0.1, -0.05) is 13.8 Å². The quantitative estimate of drug-likeness (QED) is 0.838. The lowest BCUT2D eigenvalue weighted by atomic mass is 10.1. The highest BCUT2D eigenvalue weighted by molar-refractivity contribution is 7.85. The molecule has 1 atom stereocenters. The smallest absolute Gasteiger partial charge is 0.133 e. The number of aromatic nitrogens is 2. The van der Waals surface area contributed by atoms with Crippen molar-refractivity contribution in [2.75, 3.05) is 29.5 Å². The van der Waals surface area contributed by atoms with E-state index < -0.39 is 10.8 Å². The zero-order valence-corrected chi connectivity index (χ0v) is 12.2. The first kappa shape index (κ1) is 13.5. The van der Waals surface area contributed by atoms with Crippen LogP contribution in [0.15, 0.2) is 6.07 Å². The van der Waals surface area contributed by atoms with Crippen LogP contribution in [-0.4, -0.2) is 38.8 Å². The van der Waals surface area contributed by atoms with E-state index in [2.05, 4.69) is 28.7 Å². The molecule has 2 heterocycles. The average Bonchev–Trinajstić information content (AvgIpc) is 2.38. The maximum atomic E-state index is 11.4. The molecule has 0 N–H and O–H groups in total. The van der Waals surface area contributed by atoms with E-state index in [9.17, 15) is 4.21 Å². The van der Waals surface area contributed by atoms with Gasteiger partial charge in [0.05, 0.1) is 0 Å². The standard InChI is InChI=1S/C13H21N3OS/c1-4-10(2)13-14-11(3)9-12(15-13)16-5-7-18(17)8-6-16/h9-10H,4-8H2,1-3H3. The number of hydrogen-bond acceptors (Lipinski definition) is 4.